The summed E-state index contributed by atoms with van der Waals surface area (Å²) >= 11 is 0. The minimum atomic E-state index is -0.227. The number of carbonyl (C=O) groups is 2. The topological polar surface area (TPSA) is 74.3 Å². The van der Waals surface area contributed by atoms with Crippen LogP contribution < -0.4 is 10.6 Å². The number of hydrogen-bond donors (Lipinski definition) is 2. The molecule has 146 valence electrons. The van der Waals surface area contributed by atoms with E-state index in [0.717, 1.165) is 57.3 Å². The number of carbonyl (C=O) groups excluding carboxylic acids is 2. The molecule has 2 amide bonds. The largest absolute Gasteiger partial charge is 0.341 e. The molecule has 0 radical (unpaired) electrons. The number of fused-ring (bicyclic) bond motifs is 1. The Kier molecular flexibility index (Phi) is 5.17. The molecule has 0 spiro atoms. The van der Waals surface area contributed by atoms with Crippen molar-refractivity contribution >= 4 is 17.6 Å². The van der Waals surface area contributed by atoms with E-state index in [1.165, 1.54) is 6.42 Å². The van der Waals surface area contributed by atoms with Crippen LogP contribution in [-0.2, 0) is 9.59 Å². The first kappa shape index (κ1) is 18.4. The number of aromatic nitrogens is 1. The molecule has 1 aromatic rings. The molecule has 2 N–H and O–H groups in total. The summed E-state index contributed by atoms with van der Waals surface area (Å²) in [4.78, 5) is 32.4. The maximum atomic E-state index is 13.5. The van der Waals surface area contributed by atoms with Gasteiger partial charge in [-0.2, -0.15) is 0 Å². The molecule has 0 bridgehead atoms. The highest BCUT2D eigenvalue weighted by atomic mass is 16.2. The molecule has 2 aliphatic heterocycles. The normalized spacial score (nSPS) is 30.6. The number of nitrogens with one attached hydrogen (secondary N) is 2. The molecular formula is C21H30N4O2. The van der Waals surface area contributed by atoms with Crippen LogP contribution in [-0.4, -0.2) is 47.9 Å². The molecule has 27 heavy (non-hydrogen) atoms. The Morgan fingerprint density at radius 3 is 2.96 bits per heavy atom. The lowest BCUT2D eigenvalue weighted by atomic mass is 9.67. The highest BCUT2D eigenvalue weighted by Crippen LogP contribution is 2.45. The van der Waals surface area contributed by atoms with Crippen LogP contribution >= 0.6 is 0 Å². The van der Waals surface area contributed by atoms with Crippen molar-refractivity contribution in [2.45, 2.75) is 45.4 Å². The van der Waals surface area contributed by atoms with Gasteiger partial charge in [-0.05, 0) is 56.7 Å². The minimum Gasteiger partial charge on any atom is -0.341 e. The number of rotatable bonds is 3. The number of amides is 2. The van der Waals surface area contributed by atoms with Crippen LogP contribution in [0.4, 0.5) is 5.82 Å². The molecule has 3 aliphatic rings. The zero-order valence-corrected chi connectivity index (χ0v) is 16.2. The second-order valence-electron chi connectivity index (χ2n) is 8.53. The van der Waals surface area contributed by atoms with Gasteiger partial charge in [-0.1, -0.05) is 18.9 Å². The highest BCUT2D eigenvalue weighted by Gasteiger charge is 2.51. The van der Waals surface area contributed by atoms with Crippen LogP contribution in [0.2, 0.25) is 0 Å². The van der Waals surface area contributed by atoms with Crippen molar-refractivity contribution < 1.29 is 9.59 Å². The average Bonchev–Trinajstić information content (AvgIpc) is 3.14. The van der Waals surface area contributed by atoms with E-state index in [1.807, 2.05) is 24.0 Å². The van der Waals surface area contributed by atoms with Crippen molar-refractivity contribution in [3.63, 3.8) is 0 Å². The van der Waals surface area contributed by atoms with Crippen LogP contribution in [0.5, 0.6) is 0 Å². The lowest BCUT2D eigenvalue weighted by molar-refractivity contribution is -0.148. The number of anilines is 1. The number of aryl methyl sites for hydroxylation is 1. The summed E-state index contributed by atoms with van der Waals surface area (Å²) in [5, 5.41) is 6.38. The first-order valence-corrected chi connectivity index (χ1v) is 10.3. The zero-order chi connectivity index (χ0) is 18.9. The van der Waals surface area contributed by atoms with E-state index in [4.69, 9.17) is 0 Å². The molecule has 6 nitrogen and oxygen atoms in total. The standard InChI is InChI=1S/C21H30N4O2/c1-15-7-8-18(23-11-15)24-19(26)16-5-4-10-25(13-16)20(27)21-9-3-2-6-17(21)12-22-14-21/h7-8,11,16-17,22H,2-6,9-10,12-14H2,1H3,(H,23,24,26)/t16?,17-,21+/m0/s1. The van der Waals surface area contributed by atoms with E-state index < -0.39 is 0 Å². The van der Waals surface area contributed by atoms with Gasteiger partial charge in [-0.15, -0.1) is 0 Å². The second kappa shape index (κ2) is 7.58. The smallest absolute Gasteiger partial charge is 0.230 e. The third-order valence-corrected chi connectivity index (χ3v) is 6.71. The summed E-state index contributed by atoms with van der Waals surface area (Å²) in [5.41, 5.74) is 0.837. The summed E-state index contributed by atoms with van der Waals surface area (Å²) in [5.74, 6) is 1.15. The van der Waals surface area contributed by atoms with E-state index in [-0.39, 0.29) is 23.1 Å². The van der Waals surface area contributed by atoms with Gasteiger partial charge in [0.25, 0.3) is 0 Å². The third kappa shape index (κ3) is 3.59. The molecule has 1 unspecified atom stereocenters. The van der Waals surface area contributed by atoms with Crippen molar-refractivity contribution in [2.24, 2.45) is 17.3 Å². The summed E-state index contributed by atoms with van der Waals surface area (Å²) in [7, 11) is 0. The van der Waals surface area contributed by atoms with E-state index in [0.29, 0.717) is 18.3 Å². The van der Waals surface area contributed by atoms with Crippen molar-refractivity contribution in [1.82, 2.24) is 15.2 Å². The summed E-state index contributed by atoms with van der Waals surface area (Å²) < 4.78 is 0. The molecular weight excluding hydrogens is 340 g/mol. The average molecular weight is 370 g/mol. The first-order chi connectivity index (χ1) is 13.1. The fourth-order valence-corrected chi connectivity index (χ4v) is 5.13. The quantitative estimate of drug-likeness (QED) is 0.856. The Labute approximate surface area is 161 Å². The molecule has 4 rings (SSSR count). The van der Waals surface area contributed by atoms with Gasteiger partial charge in [0.2, 0.25) is 11.8 Å². The van der Waals surface area contributed by atoms with E-state index in [2.05, 4.69) is 15.6 Å². The van der Waals surface area contributed by atoms with Crippen molar-refractivity contribution in [3.8, 4) is 0 Å². The Balaban J connectivity index is 1.42. The molecule has 0 aromatic carbocycles. The maximum absolute atomic E-state index is 13.5. The van der Waals surface area contributed by atoms with E-state index in [9.17, 15) is 9.59 Å². The number of piperidine rings is 1. The van der Waals surface area contributed by atoms with Gasteiger partial charge in [-0.25, -0.2) is 4.98 Å². The third-order valence-electron chi connectivity index (χ3n) is 6.71. The molecule has 1 aliphatic carbocycles. The van der Waals surface area contributed by atoms with Crippen LogP contribution in [0.25, 0.3) is 0 Å². The van der Waals surface area contributed by atoms with Gasteiger partial charge in [0.05, 0.1) is 11.3 Å². The monoisotopic (exact) mass is 370 g/mol. The fraction of sp³-hybridized carbons (Fsp3) is 0.667. The molecule has 6 heteroatoms. The summed E-state index contributed by atoms with van der Waals surface area (Å²) in [6, 6.07) is 3.77. The maximum Gasteiger partial charge on any atom is 0.230 e. The van der Waals surface area contributed by atoms with E-state index >= 15 is 0 Å². The van der Waals surface area contributed by atoms with Crippen LogP contribution in [0.3, 0.4) is 0 Å². The number of hydrogen-bond acceptors (Lipinski definition) is 4. The SMILES string of the molecule is Cc1ccc(NC(=O)C2CCCN(C(=O)[C@@]34CCCC[C@H]3CNC4)C2)nc1. The van der Waals surface area contributed by atoms with Gasteiger partial charge >= 0.3 is 0 Å². The molecule has 3 fully saturated rings. The lowest BCUT2D eigenvalue weighted by Crippen LogP contribution is -2.53. The molecule has 1 saturated carbocycles. The Hall–Kier alpha value is -1.95. The zero-order valence-electron chi connectivity index (χ0n) is 16.2. The van der Waals surface area contributed by atoms with Gasteiger partial charge < -0.3 is 15.5 Å². The molecule has 3 atom stereocenters. The first-order valence-electron chi connectivity index (χ1n) is 10.3. The van der Waals surface area contributed by atoms with Crippen molar-refractivity contribution in [1.29, 1.82) is 0 Å². The minimum absolute atomic E-state index is 0.0221. The number of likely N-dealkylation sites (tertiary alicyclic amines) is 1. The van der Waals surface area contributed by atoms with Gasteiger partial charge in [0.1, 0.15) is 5.82 Å². The van der Waals surface area contributed by atoms with Crippen molar-refractivity contribution in [2.75, 3.05) is 31.5 Å². The second-order valence-corrected chi connectivity index (χ2v) is 8.53. The Morgan fingerprint density at radius 2 is 2.15 bits per heavy atom. The lowest BCUT2D eigenvalue weighted by Gasteiger charge is -2.43. The summed E-state index contributed by atoms with van der Waals surface area (Å²) in [6.45, 7) is 5.05. The highest BCUT2D eigenvalue weighted by molar-refractivity contribution is 5.92. The number of nitrogens with zero attached hydrogens (tertiary/aromatic N) is 2. The summed E-state index contributed by atoms with van der Waals surface area (Å²) in [6.07, 6.45) is 7.98. The number of pyridine rings is 1. The van der Waals surface area contributed by atoms with Crippen molar-refractivity contribution in [3.05, 3.63) is 23.9 Å². The van der Waals surface area contributed by atoms with Crippen LogP contribution in [0, 0.1) is 24.2 Å². The molecule has 2 saturated heterocycles. The van der Waals surface area contributed by atoms with Gasteiger partial charge in [0, 0.05) is 25.8 Å². The van der Waals surface area contributed by atoms with Gasteiger partial charge in [-0.3, -0.25) is 9.59 Å². The Bertz CT molecular complexity index is 705. The van der Waals surface area contributed by atoms with Crippen LogP contribution in [0.1, 0.15) is 44.1 Å². The predicted octanol–water partition coefficient (Wildman–Crippen LogP) is 2.35. The van der Waals surface area contributed by atoms with Gasteiger partial charge in [0.15, 0.2) is 0 Å². The van der Waals surface area contributed by atoms with Crippen LogP contribution in [0.15, 0.2) is 18.3 Å². The fourth-order valence-electron chi connectivity index (χ4n) is 5.13. The predicted molar refractivity (Wildman–Crippen MR) is 104 cm³/mol. The van der Waals surface area contributed by atoms with E-state index in [1.54, 1.807) is 6.20 Å². The molecule has 1 aromatic heterocycles. The Morgan fingerprint density at radius 1 is 1.26 bits per heavy atom. The molecule has 3 heterocycles.